The molecule has 0 unspecified atom stereocenters. The third-order valence-electron chi connectivity index (χ3n) is 1.74. The zero-order valence-electron chi connectivity index (χ0n) is 7.03. The number of unbranched alkanes of at least 4 members (excludes halogenated alkanes) is 5. The van der Waals surface area contributed by atoms with Crippen LogP contribution in [0.4, 0.5) is 0 Å². The van der Waals surface area contributed by atoms with Gasteiger partial charge in [-0.15, -0.1) is 11.6 Å². The first-order valence-corrected chi connectivity index (χ1v) is 6.42. The van der Waals surface area contributed by atoms with Crippen molar-refractivity contribution < 1.29 is 0 Å². The Morgan fingerprint density at radius 1 is 0.800 bits per heavy atom. The minimum atomic E-state index is 0.848. The summed E-state index contributed by atoms with van der Waals surface area (Å²) in [5, 5.41) is 0. The van der Waals surface area contributed by atoms with Gasteiger partial charge in [-0.25, -0.2) is 0 Å². The van der Waals surface area contributed by atoms with E-state index in [9.17, 15) is 0 Å². The summed E-state index contributed by atoms with van der Waals surface area (Å²) in [6, 6.07) is 1.48. The third kappa shape index (κ3) is 8.51. The van der Waals surface area contributed by atoms with Crippen molar-refractivity contribution in [3.05, 3.63) is 0 Å². The van der Waals surface area contributed by atoms with Crippen LogP contribution < -0.4 is 0 Å². The minimum Gasteiger partial charge on any atom is -0.127 e. The van der Waals surface area contributed by atoms with E-state index in [1.165, 1.54) is 54.8 Å². The lowest BCUT2D eigenvalue weighted by molar-refractivity contribution is 0.626. The van der Waals surface area contributed by atoms with Gasteiger partial charge < -0.3 is 0 Å². The smallest absolute Gasteiger partial charge is 0.0223 e. The standard InChI is InChI=1S/C8H19ClSi/c9-7-5-3-1-2-4-6-8-10/h1-8H2,10H3. The van der Waals surface area contributed by atoms with Crippen LogP contribution in [0.15, 0.2) is 0 Å². The summed E-state index contributed by atoms with van der Waals surface area (Å²) in [7, 11) is 1.39. The molecular weight excluding hydrogens is 160 g/mol. The van der Waals surface area contributed by atoms with Gasteiger partial charge in [-0.05, 0) is 6.42 Å². The fourth-order valence-corrected chi connectivity index (χ4v) is 1.74. The summed E-state index contributed by atoms with van der Waals surface area (Å²) in [4.78, 5) is 0. The lowest BCUT2D eigenvalue weighted by Gasteiger charge is -1.97. The molecule has 0 rings (SSSR count). The van der Waals surface area contributed by atoms with Crippen molar-refractivity contribution in [1.29, 1.82) is 0 Å². The zero-order valence-corrected chi connectivity index (χ0v) is 9.79. The molecule has 0 aliphatic rings. The minimum absolute atomic E-state index is 0.848. The third-order valence-corrected chi connectivity index (χ3v) is 2.71. The second-order valence-electron chi connectivity index (χ2n) is 2.81. The van der Waals surface area contributed by atoms with Gasteiger partial charge in [-0.3, -0.25) is 0 Å². The van der Waals surface area contributed by atoms with E-state index in [-0.39, 0.29) is 0 Å². The van der Waals surface area contributed by atoms with Crippen molar-refractivity contribution in [2.24, 2.45) is 0 Å². The molecule has 0 saturated heterocycles. The molecule has 0 radical (unpaired) electrons. The van der Waals surface area contributed by atoms with E-state index < -0.39 is 0 Å². The maximum atomic E-state index is 5.55. The highest BCUT2D eigenvalue weighted by molar-refractivity contribution is 6.17. The van der Waals surface area contributed by atoms with Crippen LogP contribution in [0.5, 0.6) is 0 Å². The maximum absolute atomic E-state index is 5.55. The SMILES string of the molecule is [SiH3]CCCCCCCCCl. The molecule has 0 N–H and O–H groups in total. The summed E-state index contributed by atoms with van der Waals surface area (Å²) >= 11 is 5.55. The summed E-state index contributed by atoms with van der Waals surface area (Å²) < 4.78 is 0. The average molecular weight is 179 g/mol. The largest absolute Gasteiger partial charge is 0.127 e. The van der Waals surface area contributed by atoms with Gasteiger partial charge in [0.15, 0.2) is 0 Å². The van der Waals surface area contributed by atoms with Crippen LogP contribution >= 0.6 is 11.6 Å². The summed E-state index contributed by atoms with van der Waals surface area (Å²) in [6.07, 6.45) is 8.29. The molecule has 0 aliphatic heterocycles. The number of hydrogen-bond donors (Lipinski definition) is 0. The molecule has 0 aromatic rings. The number of alkyl halides is 1. The topological polar surface area (TPSA) is 0 Å². The Labute approximate surface area is 72.8 Å². The molecule has 0 bridgehead atoms. The van der Waals surface area contributed by atoms with E-state index in [0.717, 1.165) is 5.88 Å². The second kappa shape index (κ2) is 9.51. The molecule has 10 heavy (non-hydrogen) atoms. The van der Waals surface area contributed by atoms with Crippen molar-refractivity contribution in [1.82, 2.24) is 0 Å². The van der Waals surface area contributed by atoms with Gasteiger partial charge in [0.05, 0.1) is 0 Å². The Kier molecular flexibility index (Phi) is 9.99. The number of halogens is 1. The molecule has 0 aromatic carbocycles. The maximum Gasteiger partial charge on any atom is 0.0223 e. The molecule has 0 saturated carbocycles. The molecular formula is C8H19ClSi. The van der Waals surface area contributed by atoms with Gasteiger partial charge >= 0.3 is 0 Å². The lowest BCUT2D eigenvalue weighted by Crippen LogP contribution is -1.80. The Morgan fingerprint density at radius 2 is 1.30 bits per heavy atom. The van der Waals surface area contributed by atoms with Crippen LogP contribution in [0.25, 0.3) is 0 Å². The van der Waals surface area contributed by atoms with Crippen LogP contribution in [-0.2, 0) is 0 Å². The van der Waals surface area contributed by atoms with Crippen LogP contribution in [0.2, 0.25) is 6.04 Å². The lowest BCUT2D eigenvalue weighted by atomic mass is 10.1. The van der Waals surface area contributed by atoms with Gasteiger partial charge in [0, 0.05) is 16.1 Å². The van der Waals surface area contributed by atoms with E-state index in [2.05, 4.69) is 0 Å². The average Bonchev–Trinajstić information content (AvgIpc) is 1.97. The van der Waals surface area contributed by atoms with Gasteiger partial charge in [-0.2, -0.15) is 0 Å². The summed E-state index contributed by atoms with van der Waals surface area (Å²) in [5.74, 6) is 0.848. The first-order chi connectivity index (χ1) is 4.91. The molecule has 0 fully saturated rings. The van der Waals surface area contributed by atoms with E-state index >= 15 is 0 Å². The van der Waals surface area contributed by atoms with E-state index in [0.29, 0.717) is 0 Å². The fourth-order valence-electron chi connectivity index (χ4n) is 1.05. The molecule has 62 valence electrons. The van der Waals surface area contributed by atoms with Gasteiger partial charge in [-0.1, -0.05) is 38.1 Å². The highest BCUT2D eigenvalue weighted by Crippen LogP contribution is 2.06. The second-order valence-corrected chi connectivity index (χ2v) is 4.19. The molecule has 0 aliphatic carbocycles. The molecule has 0 aromatic heterocycles. The molecule has 0 heterocycles. The van der Waals surface area contributed by atoms with Gasteiger partial charge in [0.1, 0.15) is 0 Å². The van der Waals surface area contributed by atoms with Gasteiger partial charge in [0.25, 0.3) is 0 Å². The van der Waals surface area contributed by atoms with E-state index in [1.807, 2.05) is 0 Å². The van der Waals surface area contributed by atoms with E-state index in [4.69, 9.17) is 11.6 Å². The van der Waals surface area contributed by atoms with Crippen LogP contribution in [0.3, 0.4) is 0 Å². The monoisotopic (exact) mass is 178 g/mol. The fraction of sp³-hybridized carbons (Fsp3) is 1.00. The van der Waals surface area contributed by atoms with Crippen LogP contribution in [-0.4, -0.2) is 16.1 Å². The predicted molar refractivity (Wildman–Crippen MR) is 53.2 cm³/mol. The Morgan fingerprint density at radius 3 is 1.80 bits per heavy atom. The summed E-state index contributed by atoms with van der Waals surface area (Å²) in [6.45, 7) is 0. The van der Waals surface area contributed by atoms with Crippen molar-refractivity contribution in [3.8, 4) is 0 Å². The van der Waals surface area contributed by atoms with Crippen LogP contribution in [0, 0.1) is 0 Å². The Bertz CT molecular complexity index is 49.2. The first kappa shape index (κ1) is 10.5. The molecule has 0 spiro atoms. The molecule has 0 nitrogen and oxygen atoms in total. The Balaban J connectivity index is 2.65. The molecule has 2 heteroatoms. The molecule has 0 amide bonds. The van der Waals surface area contributed by atoms with Crippen LogP contribution in [0.1, 0.15) is 38.5 Å². The summed E-state index contributed by atoms with van der Waals surface area (Å²) in [5.41, 5.74) is 0. The van der Waals surface area contributed by atoms with Crippen molar-refractivity contribution in [2.75, 3.05) is 5.88 Å². The van der Waals surface area contributed by atoms with Crippen molar-refractivity contribution in [3.63, 3.8) is 0 Å². The number of hydrogen-bond acceptors (Lipinski definition) is 0. The zero-order chi connectivity index (χ0) is 7.66. The Hall–Kier alpha value is 0.507. The first-order valence-electron chi connectivity index (χ1n) is 4.47. The highest BCUT2D eigenvalue weighted by atomic mass is 35.5. The number of rotatable bonds is 7. The highest BCUT2D eigenvalue weighted by Gasteiger charge is 1.88. The predicted octanol–water partition coefficient (Wildman–Crippen LogP) is 2.35. The van der Waals surface area contributed by atoms with Crippen molar-refractivity contribution >= 4 is 21.8 Å². The normalized spacial score (nSPS) is 10.5. The molecule has 0 atom stereocenters. The quantitative estimate of drug-likeness (QED) is 0.319. The van der Waals surface area contributed by atoms with Gasteiger partial charge in [0.2, 0.25) is 0 Å². The van der Waals surface area contributed by atoms with Crippen molar-refractivity contribution in [2.45, 2.75) is 44.6 Å². The van der Waals surface area contributed by atoms with E-state index in [1.54, 1.807) is 0 Å².